The molecule has 26 heavy (non-hydrogen) atoms. The lowest BCUT2D eigenvalue weighted by Gasteiger charge is -2.12. The first-order valence-corrected chi connectivity index (χ1v) is 7.56. The highest BCUT2D eigenvalue weighted by atomic mass is 16.5. The maximum absolute atomic E-state index is 12.2. The fourth-order valence-electron chi connectivity index (χ4n) is 2.01. The first-order valence-electron chi connectivity index (χ1n) is 7.56. The van der Waals surface area contributed by atoms with Gasteiger partial charge in [-0.1, -0.05) is 0 Å². The summed E-state index contributed by atoms with van der Waals surface area (Å²) in [6.45, 7) is 0. The van der Waals surface area contributed by atoms with E-state index in [0.29, 0.717) is 17.1 Å². The molecule has 0 saturated heterocycles. The Labute approximate surface area is 149 Å². The number of nitrogens with one attached hydrogen (secondary N) is 2. The van der Waals surface area contributed by atoms with Crippen LogP contribution in [0.25, 0.3) is 0 Å². The maximum atomic E-state index is 12.2. The number of nitrogen functional groups attached to an aromatic ring is 1. The number of carbonyl (C=O) groups excluding carboxylic acids is 1. The molecule has 9 nitrogen and oxygen atoms in total. The quantitative estimate of drug-likeness (QED) is 0.576. The molecule has 0 bridgehead atoms. The van der Waals surface area contributed by atoms with Gasteiger partial charge in [0, 0.05) is 11.8 Å². The summed E-state index contributed by atoms with van der Waals surface area (Å²) in [5.41, 5.74) is 11.8. The number of methoxy groups -OCH3 is 1. The number of hydrogen-bond donors (Lipinski definition) is 3. The molecular formula is C17H16N6O3. The van der Waals surface area contributed by atoms with Crippen LogP contribution in [0, 0.1) is 0 Å². The normalized spacial score (nSPS) is 10.0. The lowest BCUT2D eigenvalue weighted by atomic mass is 10.2. The van der Waals surface area contributed by atoms with Crippen LogP contribution in [0.5, 0.6) is 17.4 Å². The molecule has 0 radical (unpaired) electrons. The zero-order chi connectivity index (χ0) is 18.4. The number of nitrogens with zero attached hydrogens (tertiary/aromatic N) is 3. The molecule has 2 aromatic heterocycles. The Bertz CT molecular complexity index is 887. The zero-order valence-electron chi connectivity index (χ0n) is 13.8. The lowest BCUT2D eigenvalue weighted by molar-refractivity contribution is 0.0962. The van der Waals surface area contributed by atoms with E-state index in [1.807, 2.05) is 0 Å². The molecule has 9 heteroatoms. The van der Waals surface area contributed by atoms with Crippen molar-refractivity contribution < 1.29 is 14.3 Å². The van der Waals surface area contributed by atoms with E-state index in [4.69, 9.17) is 15.2 Å². The Kier molecular flexibility index (Phi) is 5.08. The molecule has 132 valence electrons. The van der Waals surface area contributed by atoms with Crippen molar-refractivity contribution in [1.82, 2.24) is 20.4 Å². The van der Waals surface area contributed by atoms with Gasteiger partial charge in [-0.3, -0.25) is 20.6 Å². The Morgan fingerprint density at radius 3 is 2.62 bits per heavy atom. The van der Waals surface area contributed by atoms with E-state index in [2.05, 4.69) is 25.8 Å². The lowest BCUT2D eigenvalue weighted by Crippen LogP contribution is -2.30. The molecule has 0 atom stereocenters. The number of hydrazine groups is 1. The number of benzene rings is 1. The molecule has 0 aliphatic rings. The largest absolute Gasteiger partial charge is 0.497 e. The van der Waals surface area contributed by atoms with Gasteiger partial charge >= 0.3 is 0 Å². The fraction of sp³-hybridized carbons (Fsp3) is 0.0588. The third-order valence-electron chi connectivity index (χ3n) is 3.34. The first kappa shape index (κ1) is 17.0. The summed E-state index contributed by atoms with van der Waals surface area (Å²) in [6, 6.07) is 10.1. The van der Waals surface area contributed by atoms with Gasteiger partial charge in [-0.15, -0.1) is 0 Å². The average Bonchev–Trinajstić information content (AvgIpc) is 2.69. The predicted octanol–water partition coefficient (Wildman–Crippen LogP) is 2.01. The Morgan fingerprint density at radius 1 is 1.12 bits per heavy atom. The number of aromatic nitrogens is 3. The van der Waals surface area contributed by atoms with Crippen molar-refractivity contribution in [3.8, 4) is 17.4 Å². The van der Waals surface area contributed by atoms with Crippen molar-refractivity contribution in [2.45, 2.75) is 0 Å². The minimum Gasteiger partial charge on any atom is -0.497 e. The molecule has 4 N–H and O–H groups in total. The van der Waals surface area contributed by atoms with Gasteiger partial charge in [0.1, 0.15) is 23.5 Å². The van der Waals surface area contributed by atoms with E-state index in [-0.39, 0.29) is 23.3 Å². The summed E-state index contributed by atoms with van der Waals surface area (Å²) < 4.78 is 10.6. The van der Waals surface area contributed by atoms with Gasteiger partial charge in [0.15, 0.2) is 5.82 Å². The zero-order valence-corrected chi connectivity index (χ0v) is 13.8. The predicted molar refractivity (Wildman–Crippen MR) is 94.8 cm³/mol. The second-order valence-corrected chi connectivity index (χ2v) is 5.04. The molecule has 1 aromatic carbocycles. The van der Waals surface area contributed by atoms with Crippen LogP contribution in [0.3, 0.4) is 0 Å². The third kappa shape index (κ3) is 3.96. The Morgan fingerprint density at radius 2 is 1.92 bits per heavy atom. The van der Waals surface area contributed by atoms with E-state index >= 15 is 0 Å². The van der Waals surface area contributed by atoms with Crippen LogP contribution in [0.1, 0.15) is 10.4 Å². The number of ether oxygens (including phenoxy) is 2. The van der Waals surface area contributed by atoms with Crippen molar-refractivity contribution in [1.29, 1.82) is 0 Å². The number of anilines is 2. The van der Waals surface area contributed by atoms with Gasteiger partial charge in [0.25, 0.3) is 5.91 Å². The standard InChI is InChI=1S/C17H16N6O3/c1-25-12-6-4-11(5-7-12)16(24)23-22-15-14(18)17(21-10-20-15)26-13-3-2-8-19-9-13/h2-10H,18H2,1H3,(H,23,24)(H,20,21,22). The number of amides is 1. The maximum Gasteiger partial charge on any atom is 0.269 e. The van der Waals surface area contributed by atoms with Crippen LogP contribution in [-0.4, -0.2) is 28.0 Å². The van der Waals surface area contributed by atoms with Gasteiger partial charge in [-0.05, 0) is 36.4 Å². The summed E-state index contributed by atoms with van der Waals surface area (Å²) in [5.74, 6) is 1.13. The van der Waals surface area contributed by atoms with Crippen LogP contribution >= 0.6 is 0 Å². The van der Waals surface area contributed by atoms with Crippen LogP contribution in [0.2, 0.25) is 0 Å². The van der Waals surface area contributed by atoms with Crippen LogP contribution < -0.4 is 26.1 Å². The van der Waals surface area contributed by atoms with Crippen molar-refractivity contribution in [3.63, 3.8) is 0 Å². The van der Waals surface area contributed by atoms with Gasteiger partial charge in [0.05, 0.1) is 13.3 Å². The van der Waals surface area contributed by atoms with Crippen molar-refractivity contribution in [3.05, 3.63) is 60.7 Å². The minimum absolute atomic E-state index is 0.145. The summed E-state index contributed by atoms with van der Waals surface area (Å²) in [6.07, 6.45) is 4.42. The smallest absolute Gasteiger partial charge is 0.269 e. The second-order valence-electron chi connectivity index (χ2n) is 5.04. The second kappa shape index (κ2) is 7.79. The molecule has 0 spiro atoms. The van der Waals surface area contributed by atoms with E-state index in [1.54, 1.807) is 49.7 Å². The number of nitrogens with two attached hydrogens (primary N) is 1. The highest BCUT2D eigenvalue weighted by Crippen LogP contribution is 2.28. The third-order valence-corrected chi connectivity index (χ3v) is 3.34. The number of hydrogen-bond acceptors (Lipinski definition) is 8. The van der Waals surface area contributed by atoms with Gasteiger partial charge in [-0.25, -0.2) is 4.98 Å². The van der Waals surface area contributed by atoms with Crippen molar-refractivity contribution in [2.75, 3.05) is 18.3 Å². The van der Waals surface area contributed by atoms with E-state index in [9.17, 15) is 4.79 Å². The molecule has 0 fully saturated rings. The summed E-state index contributed by atoms with van der Waals surface area (Å²) in [5, 5.41) is 0. The van der Waals surface area contributed by atoms with Gasteiger partial charge in [0.2, 0.25) is 5.88 Å². The monoisotopic (exact) mass is 352 g/mol. The molecule has 3 rings (SSSR count). The molecule has 1 amide bonds. The van der Waals surface area contributed by atoms with Crippen LogP contribution in [-0.2, 0) is 0 Å². The molecule has 0 unspecified atom stereocenters. The SMILES string of the molecule is COc1ccc(C(=O)NNc2ncnc(Oc3cccnc3)c2N)cc1. The van der Waals surface area contributed by atoms with E-state index in [1.165, 1.54) is 12.5 Å². The highest BCUT2D eigenvalue weighted by molar-refractivity contribution is 5.95. The molecule has 0 saturated carbocycles. The number of pyridine rings is 1. The number of carbonyl (C=O) groups is 1. The van der Waals surface area contributed by atoms with E-state index < -0.39 is 0 Å². The molecule has 3 aromatic rings. The van der Waals surface area contributed by atoms with Crippen molar-refractivity contribution in [2.24, 2.45) is 0 Å². The summed E-state index contributed by atoms with van der Waals surface area (Å²) in [4.78, 5) is 24.1. The number of rotatable bonds is 6. The topological polar surface area (TPSA) is 124 Å². The average molecular weight is 352 g/mol. The molecular weight excluding hydrogens is 336 g/mol. The van der Waals surface area contributed by atoms with Crippen LogP contribution in [0.15, 0.2) is 55.1 Å². The highest BCUT2D eigenvalue weighted by Gasteiger charge is 2.12. The van der Waals surface area contributed by atoms with Crippen molar-refractivity contribution >= 4 is 17.4 Å². The minimum atomic E-state index is -0.361. The molecule has 2 heterocycles. The van der Waals surface area contributed by atoms with Gasteiger partial charge < -0.3 is 15.2 Å². The van der Waals surface area contributed by atoms with E-state index in [0.717, 1.165) is 0 Å². The summed E-state index contributed by atoms with van der Waals surface area (Å²) in [7, 11) is 1.56. The van der Waals surface area contributed by atoms with Crippen LogP contribution in [0.4, 0.5) is 11.5 Å². The fourth-order valence-corrected chi connectivity index (χ4v) is 2.01. The Balaban J connectivity index is 1.67. The molecule has 0 aliphatic heterocycles. The van der Waals surface area contributed by atoms with Gasteiger partial charge in [-0.2, -0.15) is 4.98 Å². The first-order chi connectivity index (χ1) is 12.7. The molecule has 0 aliphatic carbocycles. The Hall–Kier alpha value is -3.88. The summed E-state index contributed by atoms with van der Waals surface area (Å²) >= 11 is 0.